The molecule has 3 rings (SSSR count). The van der Waals surface area contributed by atoms with E-state index in [1.165, 1.54) is 35.2 Å². The molecule has 0 atom stereocenters. The largest absolute Gasteiger partial charge is 0.294 e. The highest BCUT2D eigenvalue weighted by Crippen LogP contribution is 2.25. The number of hydroxylamine groups is 2. The molecule has 0 spiro atoms. The monoisotopic (exact) mass is 449 g/mol. The van der Waals surface area contributed by atoms with Gasteiger partial charge in [-0.25, -0.2) is 11.0 Å². The molecule has 0 saturated heterocycles. The molecule has 0 bridgehead atoms. The Labute approximate surface area is 194 Å². The van der Waals surface area contributed by atoms with Crippen LogP contribution in [0.4, 0.5) is 0 Å². The molecule has 0 aliphatic rings. The number of hydrogen-bond donors (Lipinski definition) is 3. The van der Waals surface area contributed by atoms with Gasteiger partial charge >= 0.3 is 0 Å². The Bertz CT molecular complexity index is 1100. The van der Waals surface area contributed by atoms with Gasteiger partial charge < -0.3 is 0 Å². The van der Waals surface area contributed by atoms with E-state index in [0.717, 1.165) is 17.5 Å². The highest BCUT2D eigenvalue weighted by molar-refractivity contribution is 5.97. The third-order valence-corrected chi connectivity index (χ3v) is 5.69. The second-order valence-electron chi connectivity index (χ2n) is 8.53. The quantitative estimate of drug-likeness (QED) is 0.332. The Balaban J connectivity index is 1.70. The van der Waals surface area contributed by atoms with Crippen LogP contribution in [0.15, 0.2) is 60.7 Å². The molecule has 0 saturated carbocycles. The van der Waals surface area contributed by atoms with E-state index in [1.807, 2.05) is 12.1 Å². The molecule has 3 aromatic rings. The van der Waals surface area contributed by atoms with Gasteiger partial charge in [0, 0.05) is 29.8 Å². The van der Waals surface area contributed by atoms with Gasteiger partial charge in [-0.15, -0.1) is 0 Å². The minimum Gasteiger partial charge on any atom is -0.294 e. The second-order valence-corrected chi connectivity index (χ2v) is 8.53. The van der Waals surface area contributed by atoms with E-state index in [4.69, 9.17) is 10.0 Å². The molecule has 174 valence electrons. The summed E-state index contributed by atoms with van der Waals surface area (Å²) in [5.74, 6) is -1.06. The summed E-state index contributed by atoms with van der Waals surface area (Å²) in [5.41, 5.74) is 6.83. The number of nitrogens with one attached hydrogen (secondary N) is 2. The van der Waals surface area contributed by atoms with E-state index in [0.29, 0.717) is 17.6 Å². The van der Waals surface area contributed by atoms with Crippen LogP contribution in [0.5, 0.6) is 0 Å². The van der Waals surface area contributed by atoms with Gasteiger partial charge in [-0.05, 0) is 73.9 Å². The van der Waals surface area contributed by atoms with Crippen LogP contribution >= 0.6 is 0 Å². The zero-order valence-electron chi connectivity index (χ0n) is 19.5. The van der Waals surface area contributed by atoms with E-state index >= 15 is 0 Å². The van der Waals surface area contributed by atoms with Crippen LogP contribution in [0.1, 0.15) is 59.5 Å². The zero-order valence-corrected chi connectivity index (χ0v) is 19.5. The van der Waals surface area contributed by atoms with Crippen LogP contribution in [-0.2, 0) is 18.0 Å². The molecule has 7 heteroatoms. The third-order valence-electron chi connectivity index (χ3n) is 5.69. The number of fused-ring (bicyclic) bond motifs is 1. The van der Waals surface area contributed by atoms with Gasteiger partial charge in [-0.2, -0.15) is 0 Å². The summed E-state index contributed by atoms with van der Waals surface area (Å²) in [7, 11) is 0. The number of hydrogen-bond acceptors (Lipinski definition) is 5. The van der Waals surface area contributed by atoms with Crippen LogP contribution in [0, 0.1) is 0 Å². The van der Waals surface area contributed by atoms with Crippen molar-refractivity contribution in [2.45, 2.75) is 52.9 Å². The molecule has 33 heavy (non-hydrogen) atoms. The van der Waals surface area contributed by atoms with Crippen molar-refractivity contribution in [2.24, 2.45) is 0 Å². The maximum absolute atomic E-state index is 12.4. The Morgan fingerprint density at radius 2 is 1.33 bits per heavy atom. The van der Waals surface area contributed by atoms with Gasteiger partial charge in [0.05, 0.1) is 0 Å². The molecule has 0 fully saturated rings. The topological polar surface area (TPSA) is 90.9 Å². The lowest BCUT2D eigenvalue weighted by Crippen LogP contribution is -2.36. The van der Waals surface area contributed by atoms with Crippen molar-refractivity contribution in [2.75, 3.05) is 0 Å². The van der Waals surface area contributed by atoms with Gasteiger partial charge in [0.15, 0.2) is 0 Å². The van der Waals surface area contributed by atoms with E-state index in [2.05, 4.69) is 62.3 Å². The standard InChI is InChI=1S/C26H31N3O4/c1-17(2)29(18(3)4)15-21-7-5-10-24-22(8-6-9-23(21)24)16-33-28-26(31)20-13-11-19(12-14-20)25(30)27-32/h5-14,17-18,32H,15-16H2,1-4H3,(H,27,30)(H,28,31). The average Bonchev–Trinajstić information content (AvgIpc) is 2.81. The average molecular weight is 450 g/mol. The first-order chi connectivity index (χ1) is 15.8. The van der Waals surface area contributed by atoms with E-state index < -0.39 is 11.8 Å². The third kappa shape index (κ3) is 5.96. The Morgan fingerprint density at radius 3 is 1.88 bits per heavy atom. The normalized spacial score (nSPS) is 11.4. The molecule has 3 aromatic carbocycles. The minimum absolute atomic E-state index is 0.218. The summed E-state index contributed by atoms with van der Waals surface area (Å²) < 4.78 is 0. The van der Waals surface area contributed by atoms with Gasteiger partial charge in [0.1, 0.15) is 6.61 Å². The Kier molecular flexibility index (Phi) is 8.16. The SMILES string of the molecule is CC(C)N(Cc1cccc2c(CONC(=O)c3ccc(C(=O)NO)cc3)cccc12)C(C)C. The number of nitrogens with zero attached hydrogens (tertiary/aromatic N) is 1. The summed E-state index contributed by atoms with van der Waals surface area (Å²) in [6, 6.07) is 19.2. The predicted octanol–water partition coefficient (Wildman–Crippen LogP) is 4.44. The van der Waals surface area contributed by atoms with Crippen molar-refractivity contribution in [3.05, 3.63) is 82.9 Å². The van der Waals surface area contributed by atoms with Crippen LogP contribution < -0.4 is 11.0 Å². The summed E-state index contributed by atoms with van der Waals surface area (Å²) in [6.07, 6.45) is 0. The fourth-order valence-corrected chi connectivity index (χ4v) is 3.94. The minimum atomic E-state index is -0.640. The fourth-order valence-electron chi connectivity index (χ4n) is 3.94. The van der Waals surface area contributed by atoms with Crippen molar-refractivity contribution >= 4 is 22.6 Å². The first-order valence-corrected chi connectivity index (χ1v) is 11.0. The van der Waals surface area contributed by atoms with Crippen LogP contribution in [0.25, 0.3) is 10.8 Å². The molecular weight excluding hydrogens is 418 g/mol. The maximum Gasteiger partial charge on any atom is 0.274 e. The Hall–Kier alpha value is -3.26. The number of rotatable bonds is 9. The van der Waals surface area contributed by atoms with Crippen molar-refractivity contribution in [1.29, 1.82) is 0 Å². The highest BCUT2D eigenvalue weighted by atomic mass is 16.6. The van der Waals surface area contributed by atoms with Gasteiger partial charge in [0.25, 0.3) is 11.8 Å². The first-order valence-electron chi connectivity index (χ1n) is 11.0. The smallest absolute Gasteiger partial charge is 0.274 e. The lowest BCUT2D eigenvalue weighted by molar-refractivity contribution is 0.0237. The molecule has 0 unspecified atom stereocenters. The van der Waals surface area contributed by atoms with Gasteiger partial charge in [0.2, 0.25) is 0 Å². The molecule has 0 radical (unpaired) electrons. The van der Waals surface area contributed by atoms with E-state index in [1.54, 1.807) is 5.48 Å². The lowest BCUT2D eigenvalue weighted by Gasteiger charge is -2.31. The molecule has 0 aliphatic heterocycles. The first kappa shape index (κ1) is 24.4. The zero-order chi connectivity index (χ0) is 24.0. The van der Waals surface area contributed by atoms with Crippen LogP contribution in [-0.4, -0.2) is 34.0 Å². The van der Waals surface area contributed by atoms with Crippen molar-refractivity contribution < 1.29 is 19.6 Å². The molecule has 3 N–H and O–H groups in total. The van der Waals surface area contributed by atoms with Crippen molar-refractivity contribution in [1.82, 2.24) is 15.9 Å². The van der Waals surface area contributed by atoms with Gasteiger partial charge in [-0.3, -0.25) is 24.5 Å². The predicted molar refractivity (Wildman–Crippen MR) is 128 cm³/mol. The highest BCUT2D eigenvalue weighted by Gasteiger charge is 2.16. The van der Waals surface area contributed by atoms with Crippen LogP contribution in [0.2, 0.25) is 0 Å². The van der Waals surface area contributed by atoms with Gasteiger partial charge in [-0.1, -0.05) is 36.4 Å². The van der Waals surface area contributed by atoms with E-state index in [-0.39, 0.29) is 12.2 Å². The second kappa shape index (κ2) is 11.0. The van der Waals surface area contributed by atoms with Crippen LogP contribution in [0.3, 0.4) is 0 Å². The number of amides is 2. The number of carbonyl (C=O) groups is 2. The number of carbonyl (C=O) groups excluding carboxylic acids is 2. The lowest BCUT2D eigenvalue weighted by atomic mass is 9.99. The van der Waals surface area contributed by atoms with Crippen molar-refractivity contribution in [3.63, 3.8) is 0 Å². The molecule has 7 nitrogen and oxygen atoms in total. The Morgan fingerprint density at radius 1 is 0.818 bits per heavy atom. The van der Waals surface area contributed by atoms with Crippen molar-refractivity contribution in [3.8, 4) is 0 Å². The molecular formula is C26H31N3O4. The summed E-state index contributed by atoms with van der Waals surface area (Å²) in [6.45, 7) is 9.92. The fraction of sp³-hybridized carbons (Fsp3) is 0.308. The molecule has 0 heterocycles. The summed E-state index contributed by atoms with van der Waals surface area (Å²) >= 11 is 0. The summed E-state index contributed by atoms with van der Waals surface area (Å²) in [4.78, 5) is 31.7. The van der Waals surface area contributed by atoms with E-state index in [9.17, 15) is 9.59 Å². The molecule has 2 amide bonds. The molecule has 0 aromatic heterocycles. The number of benzene rings is 3. The summed E-state index contributed by atoms with van der Waals surface area (Å²) in [5, 5.41) is 10.9. The molecule has 0 aliphatic carbocycles. The maximum atomic E-state index is 12.4.